The van der Waals surface area contributed by atoms with Crippen LogP contribution in [0.1, 0.15) is 6.92 Å². The Kier molecular flexibility index (Phi) is 2.21. The summed E-state index contributed by atoms with van der Waals surface area (Å²) in [6, 6.07) is -0.301. The number of hydrogen-bond acceptors (Lipinski definition) is 5. The summed E-state index contributed by atoms with van der Waals surface area (Å²) in [6.07, 6.45) is 3.18. The minimum Gasteiger partial charge on any atom is -0.362 e. The number of halogens is 1. The van der Waals surface area contributed by atoms with E-state index < -0.39 is 6.67 Å². The highest BCUT2D eigenvalue weighted by atomic mass is 19.1. The molecule has 0 aliphatic heterocycles. The first kappa shape index (κ1) is 8.79. The lowest BCUT2D eigenvalue weighted by molar-refractivity contribution is 0.459. The van der Waals surface area contributed by atoms with Crippen LogP contribution >= 0.6 is 0 Å². The van der Waals surface area contributed by atoms with Crippen molar-refractivity contribution in [2.75, 3.05) is 12.0 Å². The zero-order valence-corrected chi connectivity index (χ0v) is 7.55. The third kappa shape index (κ3) is 1.48. The normalized spacial score (nSPS) is 13.0. The van der Waals surface area contributed by atoms with Gasteiger partial charge in [0.1, 0.15) is 6.67 Å². The summed E-state index contributed by atoms with van der Waals surface area (Å²) in [5.74, 6) is 0.489. The monoisotopic (exact) mass is 196 g/mol. The van der Waals surface area contributed by atoms with Gasteiger partial charge >= 0.3 is 0 Å². The molecule has 0 aliphatic rings. The number of alkyl halides is 1. The first-order valence-electron chi connectivity index (χ1n) is 4.16. The summed E-state index contributed by atoms with van der Waals surface area (Å²) >= 11 is 0. The molecule has 74 valence electrons. The summed E-state index contributed by atoms with van der Waals surface area (Å²) in [5, 5.41) is 13.8. The Hall–Kier alpha value is -1.79. The topological polar surface area (TPSA) is 68.0 Å². The number of anilines is 1. The van der Waals surface area contributed by atoms with Crippen molar-refractivity contribution in [2.45, 2.75) is 13.0 Å². The second-order valence-electron chi connectivity index (χ2n) is 2.92. The van der Waals surface area contributed by atoms with Gasteiger partial charge in [-0.3, -0.25) is 0 Å². The SMILES string of the molecule is C[C@@H](CF)Nc1nccn2nnnc12. The Bertz CT molecular complexity index is 427. The van der Waals surface area contributed by atoms with Crippen LogP contribution in [-0.4, -0.2) is 37.7 Å². The fourth-order valence-corrected chi connectivity index (χ4v) is 1.05. The van der Waals surface area contributed by atoms with E-state index in [0.717, 1.165) is 0 Å². The summed E-state index contributed by atoms with van der Waals surface area (Å²) < 4.78 is 13.7. The van der Waals surface area contributed by atoms with Crippen LogP contribution in [0.25, 0.3) is 5.65 Å². The molecule has 0 saturated heterocycles. The van der Waals surface area contributed by atoms with E-state index in [-0.39, 0.29) is 6.04 Å². The maximum atomic E-state index is 12.2. The van der Waals surface area contributed by atoms with Crippen molar-refractivity contribution >= 4 is 11.5 Å². The van der Waals surface area contributed by atoms with Gasteiger partial charge in [0.05, 0.1) is 12.2 Å². The van der Waals surface area contributed by atoms with Crippen LogP contribution in [0.15, 0.2) is 12.4 Å². The molecule has 1 atom stereocenters. The van der Waals surface area contributed by atoms with Crippen LogP contribution in [0.5, 0.6) is 0 Å². The van der Waals surface area contributed by atoms with E-state index in [1.54, 1.807) is 19.3 Å². The highest BCUT2D eigenvalue weighted by molar-refractivity contribution is 5.60. The molecule has 2 rings (SSSR count). The Morgan fingerprint density at radius 3 is 3.29 bits per heavy atom. The average Bonchev–Trinajstić information content (AvgIpc) is 2.66. The van der Waals surface area contributed by atoms with E-state index in [1.165, 1.54) is 4.52 Å². The predicted octanol–water partition coefficient (Wildman–Crippen LogP) is 0.289. The minimum absolute atomic E-state index is 0.301. The van der Waals surface area contributed by atoms with Crippen molar-refractivity contribution in [3.8, 4) is 0 Å². The number of hydrogen-bond donors (Lipinski definition) is 1. The van der Waals surface area contributed by atoms with Crippen molar-refractivity contribution in [1.29, 1.82) is 0 Å². The molecule has 2 heterocycles. The van der Waals surface area contributed by atoms with Gasteiger partial charge in [-0.15, -0.1) is 5.10 Å². The van der Waals surface area contributed by atoms with Gasteiger partial charge in [-0.25, -0.2) is 9.37 Å². The average molecular weight is 196 g/mol. The fraction of sp³-hybridized carbons (Fsp3) is 0.429. The second-order valence-corrected chi connectivity index (χ2v) is 2.92. The third-order valence-electron chi connectivity index (χ3n) is 1.73. The van der Waals surface area contributed by atoms with Crippen LogP contribution in [0.3, 0.4) is 0 Å². The van der Waals surface area contributed by atoms with Crippen LogP contribution < -0.4 is 5.32 Å². The molecule has 2 aromatic heterocycles. The highest BCUT2D eigenvalue weighted by Gasteiger charge is 2.08. The van der Waals surface area contributed by atoms with E-state index in [2.05, 4.69) is 25.8 Å². The van der Waals surface area contributed by atoms with Crippen LogP contribution in [-0.2, 0) is 0 Å². The maximum Gasteiger partial charge on any atom is 0.221 e. The lowest BCUT2D eigenvalue weighted by Crippen LogP contribution is -2.18. The Labute approximate surface area is 79.1 Å². The number of fused-ring (bicyclic) bond motifs is 1. The first-order chi connectivity index (χ1) is 6.81. The Morgan fingerprint density at radius 2 is 2.50 bits per heavy atom. The number of nitrogens with one attached hydrogen (secondary N) is 1. The van der Waals surface area contributed by atoms with E-state index in [9.17, 15) is 4.39 Å². The fourth-order valence-electron chi connectivity index (χ4n) is 1.05. The highest BCUT2D eigenvalue weighted by Crippen LogP contribution is 2.09. The van der Waals surface area contributed by atoms with E-state index >= 15 is 0 Å². The van der Waals surface area contributed by atoms with Gasteiger partial charge in [0.15, 0.2) is 5.82 Å². The largest absolute Gasteiger partial charge is 0.362 e. The number of aromatic nitrogens is 5. The van der Waals surface area contributed by atoms with Crippen molar-refractivity contribution in [3.63, 3.8) is 0 Å². The van der Waals surface area contributed by atoms with Gasteiger partial charge < -0.3 is 5.32 Å². The number of rotatable bonds is 3. The molecule has 0 radical (unpaired) electrons. The molecule has 0 amide bonds. The molecule has 0 fully saturated rings. The second kappa shape index (κ2) is 3.52. The zero-order chi connectivity index (χ0) is 9.97. The zero-order valence-electron chi connectivity index (χ0n) is 7.55. The van der Waals surface area contributed by atoms with Gasteiger partial charge in [0.2, 0.25) is 5.65 Å². The molecular weight excluding hydrogens is 187 g/mol. The standard InChI is InChI=1S/C7H9FN6/c1-5(4-8)10-6-7-11-12-13-14(7)3-2-9-6/h2-3,5H,4H2,1H3,(H,9,10)/t5-/m0/s1. The van der Waals surface area contributed by atoms with Crippen molar-refractivity contribution in [2.24, 2.45) is 0 Å². The molecule has 1 N–H and O–H groups in total. The van der Waals surface area contributed by atoms with Crippen LogP contribution in [0, 0.1) is 0 Å². The van der Waals surface area contributed by atoms with Gasteiger partial charge in [-0.1, -0.05) is 0 Å². The summed E-state index contributed by atoms with van der Waals surface area (Å²) in [7, 11) is 0. The Morgan fingerprint density at radius 1 is 1.64 bits per heavy atom. The van der Waals surface area contributed by atoms with E-state index in [0.29, 0.717) is 11.5 Å². The van der Waals surface area contributed by atoms with Crippen LogP contribution in [0.4, 0.5) is 10.2 Å². The molecule has 6 nitrogen and oxygen atoms in total. The summed E-state index contributed by atoms with van der Waals surface area (Å²) in [6.45, 7) is 1.25. The van der Waals surface area contributed by atoms with Crippen molar-refractivity contribution in [1.82, 2.24) is 25.0 Å². The molecule has 7 heteroatoms. The van der Waals surface area contributed by atoms with Gasteiger partial charge in [0.25, 0.3) is 0 Å². The molecule has 14 heavy (non-hydrogen) atoms. The summed E-state index contributed by atoms with van der Waals surface area (Å²) in [4.78, 5) is 4.03. The predicted molar refractivity (Wildman–Crippen MR) is 47.6 cm³/mol. The van der Waals surface area contributed by atoms with Gasteiger partial charge in [-0.2, -0.15) is 4.52 Å². The lowest BCUT2D eigenvalue weighted by atomic mass is 10.4. The lowest BCUT2D eigenvalue weighted by Gasteiger charge is -2.09. The van der Waals surface area contributed by atoms with Gasteiger partial charge in [-0.05, 0) is 17.4 Å². The molecule has 0 aromatic carbocycles. The quantitative estimate of drug-likeness (QED) is 0.764. The number of nitrogens with zero attached hydrogens (tertiary/aromatic N) is 5. The van der Waals surface area contributed by atoms with E-state index in [4.69, 9.17) is 0 Å². The van der Waals surface area contributed by atoms with Crippen molar-refractivity contribution < 1.29 is 4.39 Å². The molecule has 2 aromatic rings. The van der Waals surface area contributed by atoms with Gasteiger partial charge in [0, 0.05) is 6.20 Å². The number of tetrazole rings is 1. The molecule has 0 unspecified atom stereocenters. The molecule has 0 aliphatic carbocycles. The minimum atomic E-state index is -0.468. The Balaban J connectivity index is 2.36. The maximum absolute atomic E-state index is 12.2. The molecular formula is C7H9FN6. The van der Waals surface area contributed by atoms with Crippen LogP contribution in [0.2, 0.25) is 0 Å². The third-order valence-corrected chi connectivity index (χ3v) is 1.73. The molecule has 0 saturated carbocycles. The molecule has 0 bridgehead atoms. The van der Waals surface area contributed by atoms with Crippen molar-refractivity contribution in [3.05, 3.63) is 12.4 Å². The van der Waals surface area contributed by atoms with E-state index in [1.807, 2.05) is 0 Å². The summed E-state index contributed by atoms with van der Waals surface area (Å²) in [5.41, 5.74) is 0.493. The first-order valence-corrected chi connectivity index (χ1v) is 4.16. The molecule has 0 spiro atoms. The smallest absolute Gasteiger partial charge is 0.221 e.